The summed E-state index contributed by atoms with van der Waals surface area (Å²) in [5.41, 5.74) is 3.51. The Kier molecular flexibility index (Phi) is 5.46. The molecule has 1 aliphatic rings. The maximum Gasteiger partial charge on any atom is 0.257 e. The Morgan fingerprint density at radius 1 is 1.19 bits per heavy atom. The van der Waals surface area contributed by atoms with E-state index in [0.717, 1.165) is 16.8 Å². The van der Waals surface area contributed by atoms with Crippen LogP contribution in [0.25, 0.3) is 0 Å². The van der Waals surface area contributed by atoms with Crippen LogP contribution in [-0.2, 0) is 9.84 Å². The molecule has 1 amide bonds. The highest BCUT2D eigenvalue weighted by atomic mass is 32.2. The average Bonchev–Trinajstić information content (AvgIpc) is 2.95. The second kappa shape index (κ2) is 7.64. The molecule has 1 saturated heterocycles. The van der Waals surface area contributed by atoms with Gasteiger partial charge in [-0.15, -0.1) is 0 Å². The summed E-state index contributed by atoms with van der Waals surface area (Å²) in [7, 11) is -3.05. The summed E-state index contributed by atoms with van der Waals surface area (Å²) in [4.78, 5) is 22.8. The minimum Gasteiger partial charge on any atom is -0.335 e. The monoisotopic (exact) mass is 388 g/mol. The Morgan fingerprint density at radius 3 is 2.33 bits per heavy atom. The molecule has 0 saturated carbocycles. The summed E-state index contributed by atoms with van der Waals surface area (Å²) in [5, 5.41) is 3.13. The van der Waals surface area contributed by atoms with Gasteiger partial charge in [0.2, 0.25) is 5.95 Å². The van der Waals surface area contributed by atoms with Crippen LogP contribution in [0.4, 0.5) is 11.6 Å². The van der Waals surface area contributed by atoms with Gasteiger partial charge in [0, 0.05) is 30.7 Å². The van der Waals surface area contributed by atoms with Gasteiger partial charge in [0.1, 0.15) is 0 Å². The second-order valence-corrected chi connectivity index (χ2v) is 9.17. The molecule has 2 heterocycles. The third kappa shape index (κ3) is 4.63. The van der Waals surface area contributed by atoms with E-state index in [2.05, 4.69) is 21.4 Å². The largest absolute Gasteiger partial charge is 0.335 e. The Bertz CT molecular complexity index is 922. The number of aromatic nitrogens is 2. The lowest BCUT2D eigenvalue weighted by Gasteiger charge is -2.26. The number of sulfone groups is 1. The molecule has 1 aromatic heterocycles. The number of nitrogens with zero attached hydrogens (tertiary/aromatic N) is 3. The highest BCUT2D eigenvalue weighted by Crippen LogP contribution is 2.20. The molecular weight excluding hydrogens is 364 g/mol. The predicted octanol–water partition coefficient (Wildman–Crippen LogP) is 2.49. The van der Waals surface area contributed by atoms with Gasteiger partial charge >= 0.3 is 0 Å². The number of rotatable bonds is 5. The van der Waals surface area contributed by atoms with Crippen LogP contribution >= 0.6 is 0 Å². The van der Waals surface area contributed by atoms with Crippen LogP contribution in [0, 0.1) is 13.8 Å². The van der Waals surface area contributed by atoms with Crippen LogP contribution in [0.15, 0.2) is 30.6 Å². The molecule has 1 fully saturated rings. The zero-order chi connectivity index (χ0) is 19.6. The van der Waals surface area contributed by atoms with E-state index in [0.29, 0.717) is 24.5 Å². The lowest BCUT2D eigenvalue weighted by Crippen LogP contribution is -2.41. The highest BCUT2D eigenvalue weighted by Gasteiger charge is 2.34. The predicted molar refractivity (Wildman–Crippen MR) is 105 cm³/mol. The Morgan fingerprint density at radius 2 is 1.81 bits per heavy atom. The molecule has 0 radical (unpaired) electrons. The van der Waals surface area contributed by atoms with Gasteiger partial charge in [-0.25, -0.2) is 18.4 Å². The van der Waals surface area contributed by atoms with E-state index in [1.54, 1.807) is 4.90 Å². The van der Waals surface area contributed by atoms with Crippen LogP contribution in [-0.4, -0.2) is 53.3 Å². The smallest absolute Gasteiger partial charge is 0.257 e. The molecule has 1 N–H and O–H groups in total. The first-order valence-electron chi connectivity index (χ1n) is 8.96. The molecule has 0 bridgehead atoms. The Hall–Kier alpha value is -2.48. The fraction of sp³-hybridized carbons (Fsp3) is 0.421. The van der Waals surface area contributed by atoms with E-state index < -0.39 is 9.84 Å². The Balaban J connectivity index is 1.73. The zero-order valence-electron chi connectivity index (χ0n) is 15.8. The lowest BCUT2D eigenvalue weighted by atomic mass is 10.1. The molecule has 1 unspecified atom stereocenters. The highest BCUT2D eigenvalue weighted by molar-refractivity contribution is 7.91. The molecule has 0 spiro atoms. The molecule has 1 atom stereocenters. The van der Waals surface area contributed by atoms with Crippen molar-refractivity contribution in [3.05, 3.63) is 47.3 Å². The molecule has 1 aliphatic heterocycles. The minimum atomic E-state index is -3.05. The number of benzene rings is 1. The molecular formula is C19H24N4O3S. The van der Waals surface area contributed by atoms with E-state index in [-0.39, 0.29) is 23.5 Å². The molecule has 0 aliphatic carbocycles. The van der Waals surface area contributed by atoms with Crippen LogP contribution in [0.2, 0.25) is 0 Å². The Labute approximate surface area is 159 Å². The summed E-state index contributed by atoms with van der Waals surface area (Å²) in [6, 6.07) is 5.79. The van der Waals surface area contributed by atoms with E-state index in [9.17, 15) is 13.2 Å². The molecule has 7 nitrogen and oxygen atoms in total. The van der Waals surface area contributed by atoms with Gasteiger partial charge in [0.25, 0.3) is 5.91 Å². The minimum absolute atomic E-state index is 0.0276. The normalized spacial score (nSPS) is 18.3. The molecule has 144 valence electrons. The molecule has 8 heteroatoms. The van der Waals surface area contributed by atoms with Crippen molar-refractivity contribution in [1.29, 1.82) is 0 Å². The van der Waals surface area contributed by atoms with Crippen molar-refractivity contribution in [2.75, 3.05) is 23.4 Å². The SMILES string of the molecule is CCN(C(=O)c1cnc(Nc2cc(C)cc(C)c2)nc1)C1CCS(=O)(=O)C1. The number of amides is 1. The second-order valence-electron chi connectivity index (χ2n) is 6.94. The maximum atomic E-state index is 12.8. The summed E-state index contributed by atoms with van der Waals surface area (Å²) in [6.45, 7) is 6.33. The number of carbonyl (C=O) groups is 1. The first kappa shape index (κ1) is 19.3. The van der Waals surface area contributed by atoms with Crippen LogP contribution < -0.4 is 5.32 Å². The summed E-state index contributed by atoms with van der Waals surface area (Å²) < 4.78 is 23.4. The average molecular weight is 388 g/mol. The number of hydrogen-bond donors (Lipinski definition) is 1. The fourth-order valence-corrected chi connectivity index (χ4v) is 5.16. The van der Waals surface area contributed by atoms with Crippen molar-refractivity contribution in [3.63, 3.8) is 0 Å². The molecule has 27 heavy (non-hydrogen) atoms. The third-order valence-corrected chi connectivity index (χ3v) is 6.38. The van der Waals surface area contributed by atoms with Gasteiger partial charge in [-0.1, -0.05) is 6.07 Å². The van der Waals surface area contributed by atoms with E-state index in [4.69, 9.17) is 0 Å². The molecule has 1 aromatic carbocycles. The van der Waals surface area contributed by atoms with Crippen molar-refractivity contribution in [2.45, 2.75) is 33.2 Å². The van der Waals surface area contributed by atoms with Crippen LogP contribution in [0.1, 0.15) is 34.8 Å². The first-order valence-corrected chi connectivity index (χ1v) is 10.8. The van der Waals surface area contributed by atoms with E-state index in [1.807, 2.05) is 32.9 Å². The first-order chi connectivity index (χ1) is 12.8. The van der Waals surface area contributed by atoms with E-state index in [1.165, 1.54) is 12.4 Å². The van der Waals surface area contributed by atoms with Gasteiger partial charge < -0.3 is 10.2 Å². The van der Waals surface area contributed by atoms with Crippen molar-refractivity contribution >= 4 is 27.4 Å². The molecule has 3 rings (SSSR count). The quantitative estimate of drug-likeness (QED) is 0.846. The van der Waals surface area contributed by atoms with Gasteiger partial charge in [-0.05, 0) is 50.5 Å². The van der Waals surface area contributed by atoms with Crippen molar-refractivity contribution in [1.82, 2.24) is 14.9 Å². The van der Waals surface area contributed by atoms with Crippen LogP contribution in [0.3, 0.4) is 0 Å². The summed E-state index contributed by atoms with van der Waals surface area (Å²) >= 11 is 0. The van der Waals surface area contributed by atoms with Gasteiger partial charge in [-0.3, -0.25) is 4.79 Å². The number of aryl methyl sites for hydroxylation is 2. The van der Waals surface area contributed by atoms with Gasteiger partial charge in [0.15, 0.2) is 9.84 Å². The van der Waals surface area contributed by atoms with Crippen molar-refractivity contribution in [2.24, 2.45) is 0 Å². The summed E-state index contributed by atoms with van der Waals surface area (Å²) in [6.07, 6.45) is 3.44. The van der Waals surface area contributed by atoms with Gasteiger partial charge in [-0.2, -0.15) is 0 Å². The summed E-state index contributed by atoms with van der Waals surface area (Å²) in [5.74, 6) is 0.330. The lowest BCUT2D eigenvalue weighted by molar-refractivity contribution is 0.0707. The number of nitrogens with one attached hydrogen (secondary N) is 1. The van der Waals surface area contributed by atoms with Crippen molar-refractivity contribution in [3.8, 4) is 0 Å². The third-order valence-electron chi connectivity index (χ3n) is 4.63. The standard InChI is InChI=1S/C19H24N4O3S/c1-4-23(17-5-6-27(25,26)12-17)18(24)15-10-20-19(21-11-15)22-16-8-13(2)7-14(3)9-16/h7-11,17H,4-6,12H2,1-3H3,(H,20,21,22). The van der Waals surface area contributed by atoms with Crippen LogP contribution in [0.5, 0.6) is 0 Å². The number of hydrogen-bond acceptors (Lipinski definition) is 6. The van der Waals surface area contributed by atoms with Gasteiger partial charge in [0.05, 0.1) is 17.1 Å². The zero-order valence-corrected chi connectivity index (χ0v) is 16.6. The fourth-order valence-electron chi connectivity index (χ4n) is 3.43. The number of anilines is 2. The maximum absolute atomic E-state index is 12.8. The molecule has 2 aromatic rings. The number of carbonyl (C=O) groups excluding carboxylic acids is 1. The topological polar surface area (TPSA) is 92.3 Å². The van der Waals surface area contributed by atoms with E-state index >= 15 is 0 Å². The van der Waals surface area contributed by atoms with Crippen molar-refractivity contribution < 1.29 is 13.2 Å².